The van der Waals surface area contributed by atoms with Gasteiger partial charge in [0.25, 0.3) is 5.91 Å². The van der Waals surface area contributed by atoms with Gasteiger partial charge in [0.15, 0.2) is 0 Å². The van der Waals surface area contributed by atoms with Crippen LogP contribution >= 0.6 is 11.3 Å². The third-order valence-electron chi connectivity index (χ3n) is 7.39. The molecule has 1 N–H and O–H groups in total. The van der Waals surface area contributed by atoms with Gasteiger partial charge in [-0.2, -0.15) is 5.10 Å². The molecule has 3 amide bonds. The second-order valence-corrected chi connectivity index (χ2v) is 11.5. The first-order valence-electron chi connectivity index (χ1n) is 13.8. The fourth-order valence-electron chi connectivity index (χ4n) is 5.08. The number of aryl methyl sites for hydroxylation is 2. The van der Waals surface area contributed by atoms with Crippen molar-refractivity contribution in [1.82, 2.24) is 24.6 Å². The van der Waals surface area contributed by atoms with Crippen LogP contribution in [0.5, 0.6) is 0 Å². The van der Waals surface area contributed by atoms with Crippen LogP contribution in [0.1, 0.15) is 60.8 Å². The normalized spacial score (nSPS) is 15.5. The maximum Gasteiger partial charge on any atom is 0.322 e. The zero-order chi connectivity index (χ0) is 28.4. The molecule has 0 aliphatic carbocycles. The highest BCUT2D eigenvalue weighted by molar-refractivity contribution is 7.12. The molecule has 3 heterocycles. The number of carbonyl (C=O) groups excluding carboxylic acids is 2. The first kappa shape index (κ1) is 27.6. The smallest absolute Gasteiger partial charge is 0.322 e. The summed E-state index contributed by atoms with van der Waals surface area (Å²) >= 11 is 1.51. The van der Waals surface area contributed by atoms with E-state index in [4.69, 9.17) is 4.98 Å². The Hall–Kier alpha value is -3.98. The average Bonchev–Trinajstić information content (AvgIpc) is 3.61. The highest BCUT2D eigenvalue weighted by Crippen LogP contribution is 2.29. The Morgan fingerprint density at radius 3 is 2.45 bits per heavy atom. The number of nitrogens with one attached hydrogen (secondary N) is 1. The second-order valence-electron chi connectivity index (χ2n) is 10.7. The molecule has 1 atom stereocenters. The summed E-state index contributed by atoms with van der Waals surface area (Å²) in [6.07, 6.45) is 2.62. The number of rotatable bonds is 6. The van der Waals surface area contributed by atoms with Crippen LogP contribution in [0.4, 0.5) is 10.5 Å². The quantitative estimate of drug-likeness (QED) is 0.299. The molecule has 1 saturated heterocycles. The van der Waals surface area contributed by atoms with Crippen LogP contribution in [0.15, 0.2) is 60.1 Å². The topological polar surface area (TPSA) is 83.4 Å². The first-order valence-corrected chi connectivity index (χ1v) is 14.7. The zero-order valence-corrected chi connectivity index (χ0v) is 24.5. The van der Waals surface area contributed by atoms with Gasteiger partial charge in [0, 0.05) is 42.3 Å². The van der Waals surface area contributed by atoms with E-state index < -0.39 is 0 Å². The standard InChI is InChI=1S/C31H36N6O2S/c1-6-23-9-13-25(14-10-23)33-30(39)36-16-15-35(18-22(36)5)29(38)26-17-32-37(28(26)20(2)3)31-34-27(19-40-31)24-11-7-21(4)8-12-24/h7-14,17,19-20,22H,6,15-16,18H2,1-5H3,(H,33,39). The van der Waals surface area contributed by atoms with Crippen molar-refractivity contribution >= 4 is 29.0 Å². The third kappa shape index (κ3) is 5.65. The van der Waals surface area contributed by atoms with Gasteiger partial charge in [0.2, 0.25) is 5.13 Å². The van der Waals surface area contributed by atoms with E-state index in [1.165, 1.54) is 22.5 Å². The van der Waals surface area contributed by atoms with Crippen molar-refractivity contribution < 1.29 is 9.59 Å². The Bertz CT molecular complexity index is 1490. The largest absolute Gasteiger partial charge is 0.335 e. The van der Waals surface area contributed by atoms with Gasteiger partial charge in [-0.3, -0.25) is 4.79 Å². The van der Waals surface area contributed by atoms with E-state index in [0.29, 0.717) is 25.2 Å². The molecule has 0 radical (unpaired) electrons. The summed E-state index contributed by atoms with van der Waals surface area (Å²) < 4.78 is 1.80. The first-order chi connectivity index (χ1) is 19.2. The van der Waals surface area contributed by atoms with Crippen molar-refractivity contribution in [3.63, 3.8) is 0 Å². The number of thiazole rings is 1. The lowest BCUT2D eigenvalue weighted by Crippen LogP contribution is -2.56. The molecular formula is C31H36N6O2S. The van der Waals surface area contributed by atoms with Crippen molar-refractivity contribution in [3.05, 3.63) is 82.5 Å². The number of anilines is 1. The number of hydrogen-bond donors (Lipinski definition) is 1. The van der Waals surface area contributed by atoms with E-state index in [1.807, 2.05) is 41.5 Å². The van der Waals surface area contributed by atoms with Crippen LogP contribution in [-0.4, -0.2) is 62.2 Å². The number of amides is 3. The van der Waals surface area contributed by atoms with Gasteiger partial charge in [-0.25, -0.2) is 14.5 Å². The SMILES string of the molecule is CCc1ccc(NC(=O)N2CCN(C(=O)c3cnn(-c4nc(-c5ccc(C)cc5)cs4)c3C(C)C)CC2C)cc1. The number of nitrogens with zero attached hydrogens (tertiary/aromatic N) is 5. The summed E-state index contributed by atoms with van der Waals surface area (Å²) in [4.78, 5) is 35.2. The lowest BCUT2D eigenvalue weighted by molar-refractivity contribution is 0.0590. The lowest BCUT2D eigenvalue weighted by Gasteiger charge is -2.39. The van der Waals surface area contributed by atoms with Gasteiger partial charge in [0.05, 0.1) is 23.1 Å². The minimum atomic E-state index is -0.146. The van der Waals surface area contributed by atoms with E-state index in [1.54, 1.807) is 15.8 Å². The van der Waals surface area contributed by atoms with Gasteiger partial charge in [-0.15, -0.1) is 11.3 Å². The van der Waals surface area contributed by atoms with Crippen molar-refractivity contribution in [2.75, 3.05) is 25.0 Å². The van der Waals surface area contributed by atoms with E-state index in [2.05, 4.69) is 62.4 Å². The predicted octanol–water partition coefficient (Wildman–Crippen LogP) is 6.37. The Labute approximate surface area is 239 Å². The Morgan fingerprint density at radius 1 is 1.07 bits per heavy atom. The van der Waals surface area contributed by atoms with Crippen LogP contribution < -0.4 is 5.32 Å². The monoisotopic (exact) mass is 556 g/mol. The molecule has 0 saturated carbocycles. The van der Waals surface area contributed by atoms with Crippen LogP contribution in [0, 0.1) is 6.92 Å². The lowest BCUT2D eigenvalue weighted by atomic mass is 10.0. The summed E-state index contributed by atoms with van der Waals surface area (Å²) in [6.45, 7) is 11.7. The average molecular weight is 557 g/mol. The summed E-state index contributed by atoms with van der Waals surface area (Å²) in [5, 5.41) is 10.4. The van der Waals surface area contributed by atoms with E-state index in [0.717, 1.165) is 34.2 Å². The van der Waals surface area contributed by atoms with Gasteiger partial charge in [-0.05, 0) is 43.9 Å². The van der Waals surface area contributed by atoms with Crippen molar-refractivity contribution in [3.8, 4) is 16.4 Å². The molecule has 2 aromatic heterocycles. The third-order valence-corrected chi connectivity index (χ3v) is 8.21. The van der Waals surface area contributed by atoms with Crippen molar-refractivity contribution in [1.29, 1.82) is 0 Å². The van der Waals surface area contributed by atoms with Gasteiger partial charge >= 0.3 is 6.03 Å². The molecule has 40 heavy (non-hydrogen) atoms. The molecule has 1 aliphatic heterocycles. The van der Waals surface area contributed by atoms with E-state index >= 15 is 0 Å². The van der Waals surface area contributed by atoms with Crippen LogP contribution in [-0.2, 0) is 6.42 Å². The number of aromatic nitrogens is 3. The molecule has 5 rings (SSSR count). The molecule has 9 heteroatoms. The molecule has 8 nitrogen and oxygen atoms in total. The number of carbonyl (C=O) groups is 2. The fraction of sp³-hybridized carbons (Fsp3) is 0.355. The highest BCUT2D eigenvalue weighted by atomic mass is 32.1. The highest BCUT2D eigenvalue weighted by Gasteiger charge is 2.33. The van der Waals surface area contributed by atoms with Crippen molar-refractivity contribution in [2.24, 2.45) is 0 Å². The number of urea groups is 1. The number of hydrogen-bond acceptors (Lipinski definition) is 5. The molecule has 2 aromatic carbocycles. The van der Waals surface area contributed by atoms with Crippen LogP contribution in [0.2, 0.25) is 0 Å². The number of piperazine rings is 1. The molecule has 208 valence electrons. The predicted molar refractivity (Wildman–Crippen MR) is 160 cm³/mol. The van der Waals surface area contributed by atoms with Crippen LogP contribution in [0.25, 0.3) is 16.4 Å². The molecule has 0 spiro atoms. The molecule has 1 fully saturated rings. The van der Waals surface area contributed by atoms with Crippen molar-refractivity contribution in [2.45, 2.75) is 53.0 Å². The minimum absolute atomic E-state index is 0.0627. The maximum absolute atomic E-state index is 13.7. The summed E-state index contributed by atoms with van der Waals surface area (Å²) in [5.41, 5.74) is 6.58. The minimum Gasteiger partial charge on any atom is -0.335 e. The van der Waals surface area contributed by atoms with E-state index in [-0.39, 0.29) is 23.9 Å². The Kier molecular flexibility index (Phi) is 8.02. The Morgan fingerprint density at radius 2 is 1.80 bits per heavy atom. The summed E-state index contributed by atoms with van der Waals surface area (Å²) in [7, 11) is 0. The fourth-order valence-corrected chi connectivity index (χ4v) is 5.88. The molecule has 4 aromatic rings. The van der Waals surface area contributed by atoms with Gasteiger partial charge in [-0.1, -0.05) is 62.7 Å². The maximum atomic E-state index is 13.7. The summed E-state index contributed by atoms with van der Waals surface area (Å²) in [6, 6.07) is 15.9. The summed E-state index contributed by atoms with van der Waals surface area (Å²) in [5.74, 6) is 0.00379. The molecule has 0 bridgehead atoms. The Balaban J connectivity index is 1.29. The van der Waals surface area contributed by atoms with Crippen LogP contribution in [0.3, 0.4) is 0 Å². The molecule has 1 aliphatic rings. The van der Waals surface area contributed by atoms with Gasteiger partial charge < -0.3 is 15.1 Å². The molecule has 1 unspecified atom stereocenters. The van der Waals surface area contributed by atoms with E-state index in [9.17, 15) is 9.59 Å². The second kappa shape index (κ2) is 11.6. The van der Waals surface area contributed by atoms with Gasteiger partial charge in [0.1, 0.15) is 0 Å². The molecular weight excluding hydrogens is 520 g/mol. The zero-order valence-electron chi connectivity index (χ0n) is 23.7. The number of benzene rings is 2.